The van der Waals surface area contributed by atoms with Gasteiger partial charge in [0.25, 0.3) is 0 Å². The summed E-state index contributed by atoms with van der Waals surface area (Å²) in [7, 11) is -1.09. The van der Waals surface area contributed by atoms with Gasteiger partial charge in [0.15, 0.2) is 0 Å². The second-order valence-electron chi connectivity index (χ2n) is 10.1. The van der Waals surface area contributed by atoms with E-state index in [4.69, 9.17) is 14.2 Å². The minimum absolute atomic E-state index is 0.226. The molecule has 6 nitrogen and oxygen atoms in total. The molecule has 0 aliphatic rings. The number of esters is 1. The summed E-state index contributed by atoms with van der Waals surface area (Å²) in [5.74, 6) is 0.265. The lowest BCUT2D eigenvalue weighted by atomic mass is 10.1. The van der Waals surface area contributed by atoms with Gasteiger partial charge in [0.2, 0.25) is 0 Å². The fourth-order valence-electron chi connectivity index (χ4n) is 4.84. The van der Waals surface area contributed by atoms with E-state index < -0.39 is 13.0 Å². The van der Waals surface area contributed by atoms with Gasteiger partial charge in [-0.05, 0) is 67.4 Å². The fourth-order valence-corrected chi connectivity index (χ4v) is 8.36. The maximum atomic E-state index is 13.7. The molecular formula is C38H34N3O3P. The molecule has 7 heteroatoms. The van der Waals surface area contributed by atoms with Crippen molar-refractivity contribution in [2.24, 2.45) is 14.7 Å². The summed E-state index contributed by atoms with van der Waals surface area (Å²) in [5.41, 5.74) is 3.33. The van der Waals surface area contributed by atoms with Crippen molar-refractivity contribution in [2.75, 3.05) is 13.7 Å². The summed E-state index contributed by atoms with van der Waals surface area (Å²) in [4.78, 5) is 22.4. The highest BCUT2D eigenvalue weighted by Crippen LogP contribution is 2.48. The Morgan fingerprint density at radius 2 is 1.24 bits per heavy atom. The number of hydrogen-bond donors (Lipinski definition) is 0. The second-order valence-corrected chi connectivity index (χ2v) is 13.1. The molecule has 0 spiro atoms. The molecule has 0 radical (unpaired) electrons. The van der Waals surface area contributed by atoms with Crippen LogP contribution in [0.3, 0.4) is 0 Å². The Balaban J connectivity index is 1.70. The van der Waals surface area contributed by atoms with Gasteiger partial charge in [0.05, 0.1) is 32.1 Å². The smallest absolute Gasteiger partial charge is 0.356 e. The molecule has 0 amide bonds. The van der Waals surface area contributed by atoms with Crippen LogP contribution in [0.4, 0.5) is 11.4 Å². The summed E-state index contributed by atoms with van der Waals surface area (Å²) in [6.07, 6.45) is 1.80. The molecule has 0 unspecified atom stereocenters. The van der Waals surface area contributed by atoms with Gasteiger partial charge in [-0.15, -0.1) is 0 Å². The minimum atomic E-state index is -2.71. The average molecular weight is 612 g/mol. The summed E-state index contributed by atoms with van der Waals surface area (Å²) in [5, 5.41) is 3.09. The van der Waals surface area contributed by atoms with Crippen LogP contribution in [0.15, 0.2) is 154 Å². The molecule has 224 valence electrons. The number of methoxy groups -OCH3 is 1. The molecule has 0 fully saturated rings. The van der Waals surface area contributed by atoms with Gasteiger partial charge >= 0.3 is 5.97 Å². The first kappa shape index (κ1) is 31.2. The third-order valence-electron chi connectivity index (χ3n) is 7.12. The highest BCUT2D eigenvalue weighted by molar-refractivity contribution is 7.87. The number of carbonyl (C=O) groups excluding carboxylic acids is 1. The third-order valence-corrected chi connectivity index (χ3v) is 10.8. The number of ether oxygens (including phenoxy) is 2. The average Bonchev–Trinajstić information content (AvgIpc) is 3.09. The number of rotatable bonds is 10. The Bertz CT molecular complexity index is 1790. The van der Waals surface area contributed by atoms with E-state index in [1.807, 2.05) is 104 Å². The largest absolute Gasteiger partial charge is 0.497 e. The van der Waals surface area contributed by atoms with Gasteiger partial charge in [-0.1, -0.05) is 97.1 Å². The van der Waals surface area contributed by atoms with Gasteiger partial charge < -0.3 is 9.47 Å². The Labute approximate surface area is 264 Å². The number of hydrogen-bond acceptors (Lipinski definition) is 6. The molecule has 0 aliphatic carbocycles. The number of carbonyl (C=O) groups is 1. The molecule has 0 aliphatic heterocycles. The van der Waals surface area contributed by atoms with Crippen LogP contribution in [0.5, 0.6) is 5.75 Å². The van der Waals surface area contributed by atoms with E-state index in [0.717, 1.165) is 32.8 Å². The minimum Gasteiger partial charge on any atom is -0.497 e. The Morgan fingerprint density at radius 3 is 1.76 bits per heavy atom. The number of aliphatic imine (C=N–C) groups is 2. The maximum absolute atomic E-state index is 13.7. The normalized spacial score (nSPS) is 11.2. The first-order chi connectivity index (χ1) is 22.0. The quantitative estimate of drug-likeness (QED) is 0.0691. The first-order valence-corrected chi connectivity index (χ1v) is 16.4. The monoisotopic (exact) mass is 611 g/mol. The molecule has 0 atom stereocenters. The van der Waals surface area contributed by atoms with Gasteiger partial charge in [-0.3, -0.25) is 0 Å². The molecule has 5 aromatic rings. The molecule has 0 aromatic heterocycles. The van der Waals surface area contributed by atoms with E-state index in [2.05, 4.69) is 52.4 Å². The van der Waals surface area contributed by atoms with E-state index in [0.29, 0.717) is 11.4 Å². The van der Waals surface area contributed by atoms with Crippen LogP contribution in [0.25, 0.3) is 6.08 Å². The van der Waals surface area contributed by atoms with Gasteiger partial charge in [-0.2, -0.15) is 9.98 Å². The van der Waals surface area contributed by atoms with E-state index in [1.165, 1.54) is 0 Å². The molecule has 45 heavy (non-hydrogen) atoms. The summed E-state index contributed by atoms with van der Waals surface area (Å²) in [6.45, 7) is 4.01. The SMILES string of the molecule is CCOC(=O)/C(=C/c1cc(N=C=Nc2ccc(OC)cc2)ccc1C)N=P(c1ccccc1)(c1ccccc1)c1ccccc1. The highest BCUT2D eigenvalue weighted by Gasteiger charge is 2.29. The summed E-state index contributed by atoms with van der Waals surface area (Å²) >= 11 is 0. The van der Waals surface area contributed by atoms with Crippen LogP contribution in [0.2, 0.25) is 0 Å². The lowest BCUT2D eigenvalue weighted by molar-refractivity contribution is -0.138. The Morgan fingerprint density at radius 1 is 0.733 bits per heavy atom. The van der Waals surface area contributed by atoms with E-state index in [1.54, 1.807) is 20.1 Å². The van der Waals surface area contributed by atoms with Crippen molar-refractivity contribution in [3.05, 3.63) is 150 Å². The molecule has 0 saturated carbocycles. The fraction of sp³-hybridized carbons (Fsp3) is 0.105. The highest BCUT2D eigenvalue weighted by atomic mass is 31.2. The summed E-state index contributed by atoms with van der Waals surface area (Å²) < 4.78 is 16.2. The molecule has 0 bridgehead atoms. The second kappa shape index (κ2) is 14.9. The van der Waals surface area contributed by atoms with Crippen molar-refractivity contribution in [3.63, 3.8) is 0 Å². The molecule has 0 saturated heterocycles. The van der Waals surface area contributed by atoms with Crippen molar-refractivity contribution in [2.45, 2.75) is 13.8 Å². The van der Waals surface area contributed by atoms with Crippen LogP contribution in [0, 0.1) is 6.92 Å². The lowest BCUT2D eigenvalue weighted by Crippen LogP contribution is -2.26. The Kier molecular flexibility index (Phi) is 10.3. The Hall–Kier alpha value is -5.28. The van der Waals surface area contributed by atoms with Crippen molar-refractivity contribution in [1.29, 1.82) is 0 Å². The van der Waals surface area contributed by atoms with Crippen LogP contribution >= 0.6 is 7.05 Å². The van der Waals surface area contributed by atoms with E-state index >= 15 is 0 Å². The third kappa shape index (κ3) is 7.45. The molecule has 5 aromatic carbocycles. The molecule has 0 heterocycles. The van der Waals surface area contributed by atoms with Crippen LogP contribution in [-0.2, 0) is 9.53 Å². The van der Waals surface area contributed by atoms with E-state index in [-0.39, 0.29) is 12.3 Å². The van der Waals surface area contributed by atoms with Crippen molar-refractivity contribution < 1.29 is 14.3 Å². The lowest BCUT2D eigenvalue weighted by Gasteiger charge is -2.27. The van der Waals surface area contributed by atoms with Crippen LogP contribution < -0.4 is 20.7 Å². The zero-order valence-electron chi connectivity index (χ0n) is 25.5. The zero-order valence-corrected chi connectivity index (χ0v) is 26.4. The standard InChI is InChI=1S/C38H34N3O3P/c1-4-44-38(42)37(27-30-26-32(21-20-29(30)2)40-28-39-31-22-24-33(43-3)25-23-31)41-45(34-14-8-5-9-15-34,35-16-10-6-11-17-35)36-18-12-7-13-19-36/h5-27H,4H2,1-3H3/b37-27-. The predicted octanol–water partition coefficient (Wildman–Crippen LogP) is 8.22. The van der Waals surface area contributed by atoms with Crippen molar-refractivity contribution in [3.8, 4) is 5.75 Å². The first-order valence-electron chi connectivity index (χ1n) is 14.6. The van der Waals surface area contributed by atoms with Gasteiger partial charge in [-0.25, -0.2) is 9.54 Å². The van der Waals surface area contributed by atoms with Gasteiger partial charge in [0, 0.05) is 15.9 Å². The maximum Gasteiger partial charge on any atom is 0.356 e. The molecule has 0 N–H and O–H groups in total. The number of nitrogens with zero attached hydrogens (tertiary/aromatic N) is 3. The van der Waals surface area contributed by atoms with Crippen LogP contribution in [-0.4, -0.2) is 25.7 Å². The topological polar surface area (TPSA) is 72.6 Å². The van der Waals surface area contributed by atoms with Crippen molar-refractivity contribution in [1.82, 2.24) is 0 Å². The van der Waals surface area contributed by atoms with E-state index in [9.17, 15) is 4.79 Å². The number of aryl methyl sites for hydroxylation is 1. The van der Waals surface area contributed by atoms with Crippen LogP contribution in [0.1, 0.15) is 18.1 Å². The zero-order chi connectivity index (χ0) is 31.5. The predicted molar refractivity (Wildman–Crippen MR) is 186 cm³/mol. The van der Waals surface area contributed by atoms with Crippen molar-refractivity contribution >= 4 is 52.4 Å². The molecule has 5 rings (SSSR count). The van der Waals surface area contributed by atoms with Gasteiger partial charge in [0.1, 0.15) is 17.5 Å². The summed E-state index contributed by atoms with van der Waals surface area (Å²) in [6, 6.07) is 46.4. The molecular weight excluding hydrogens is 577 g/mol. The number of benzene rings is 5.